The molecule has 0 aromatic carbocycles. The van der Waals surface area contributed by atoms with E-state index in [0.29, 0.717) is 30.7 Å². The average Bonchev–Trinajstić information content (AvgIpc) is 2.90. The molecule has 1 aromatic heterocycles. The van der Waals surface area contributed by atoms with Crippen LogP contribution in [-0.2, 0) is 9.53 Å². The topological polar surface area (TPSA) is 60.5 Å². The van der Waals surface area contributed by atoms with Crippen molar-refractivity contribution in [2.45, 2.75) is 18.9 Å². The molecule has 5 nitrogen and oxygen atoms in total. The van der Waals surface area contributed by atoms with Gasteiger partial charge in [-0.05, 0) is 18.9 Å². The normalized spacial score (nSPS) is 18.6. The molecule has 0 bridgehead atoms. The van der Waals surface area contributed by atoms with E-state index >= 15 is 0 Å². The summed E-state index contributed by atoms with van der Waals surface area (Å²) in [6.45, 7) is 1.47. The van der Waals surface area contributed by atoms with E-state index in [1.54, 1.807) is 12.1 Å². The van der Waals surface area contributed by atoms with Crippen LogP contribution in [-0.4, -0.2) is 36.8 Å². The first-order valence-corrected chi connectivity index (χ1v) is 6.27. The van der Waals surface area contributed by atoms with E-state index in [4.69, 9.17) is 21.1 Å². The Morgan fingerprint density at radius 3 is 3.17 bits per heavy atom. The molecular weight excluding hydrogens is 256 g/mol. The van der Waals surface area contributed by atoms with Crippen molar-refractivity contribution in [1.82, 2.24) is 10.3 Å². The third kappa shape index (κ3) is 3.85. The third-order valence-corrected chi connectivity index (χ3v) is 2.80. The minimum absolute atomic E-state index is 0.0693. The van der Waals surface area contributed by atoms with Crippen molar-refractivity contribution < 1.29 is 14.3 Å². The number of carbonyl (C=O) groups excluding carboxylic acids is 1. The van der Waals surface area contributed by atoms with Gasteiger partial charge in [-0.2, -0.15) is 0 Å². The van der Waals surface area contributed by atoms with Crippen LogP contribution in [0, 0.1) is 0 Å². The van der Waals surface area contributed by atoms with Gasteiger partial charge in [0.2, 0.25) is 11.8 Å². The summed E-state index contributed by atoms with van der Waals surface area (Å²) in [5, 5.41) is 3.33. The summed E-state index contributed by atoms with van der Waals surface area (Å²) < 4.78 is 10.6. The van der Waals surface area contributed by atoms with E-state index in [0.717, 1.165) is 12.8 Å². The maximum absolute atomic E-state index is 11.6. The number of aromatic nitrogens is 1. The molecule has 0 aliphatic carbocycles. The van der Waals surface area contributed by atoms with Crippen LogP contribution in [0.15, 0.2) is 18.3 Å². The van der Waals surface area contributed by atoms with Crippen molar-refractivity contribution >= 4 is 17.5 Å². The maximum Gasteiger partial charge on any atom is 0.249 e. The maximum atomic E-state index is 11.6. The number of hydrogen-bond acceptors (Lipinski definition) is 4. The van der Waals surface area contributed by atoms with Gasteiger partial charge in [0.05, 0.1) is 11.6 Å². The zero-order valence-electron chi connectivity index (χ0n) is 9.89. The first-order valence-electron chi connectivity index (χ1n) is 5.89. The molecule has 0 saturated carbocycles. The Balaban J connectivity index is 1.63. The highest BCUT2D eigenvalue weighted by Crippen LogP contribution is 2.12. The van der Waals surface area contributed by atoms with Crippen LogP contribution in [0.5, 0.6) is 5.88 Å². The number of amides is 1. The predicted octanol–water partition coefficient (Wildman–Crippen LogP) is 1.41. The molecule has 0 spiro atoms. The van der Waals surface area contributed by atoms with Crippen molar-refractivity contribution in [3.63, 3.8) is 0 Å². The summed E-state index contributed by atoms with van der Waals surface area (Å²) in [5.74, 6) is 0.422. The Morgan fingerprint density at radius 2 is 2.50 bits per heavy atom. The monoisotopic (exact) mass is 270 g/mol. The molecule has 98 valence electrons. The van der Waals surface area contributed by atoms with Gasteiger partial charge in [0.1, 0.15) is 12.7 Å². The minimum atomic E-state index is -0.293. The number of nitrogens with zero attached hydrogens (tertiary/aromatic N) is 1. The number of rotatable bonds is 5. The SMILES string of the molecule is O=C(NCCOc1ccc(Cl)cn1)[C@H]1CCCO1. The highest BCUT2D eigenvalue weighted by Gasteiger charge is 2.22. The molecule has 2 rings (SSSR count). The predicted molar refractivity (Wildman–Crippen MR) is 66.7 cm³/mol. The van der Waals surface area contributed by atoms with E-state index in [1.807, 2.05) is 0 Å². The van der Waals surface area contributed by atoms with Crippen molar-refractivity contribution in [2.24, 2.45) is 0 Å². The van der Waals surface area contributed by atoms with Gasteiger partial charge in [0.25, 0.3) is 0 Å². The third-order valence-electron chi connectivity index (χ3n) is 2.57. The molecular formula is C12H15ClN2O3. The lowest BCUT2D eigenvalue weighted by Gasteiger charge is -2.10. The fraction of sp³-hybridized carbons (Fsp3) is 0.500. The van der Waals surface area contributed by atoms with E-state index in [1.165, 1.54) is 6.20 Å². The first kappa shape index (κ1) is 13.1. The lowest BCUT2D eigenvalue weighted by atomic mass is 10.2. The van der Waals surface area contributed by atoms with E-state index in [2.05, 4.69) is 10.3 Å². The van der Waals surface area contributed by atoms with Gasteiger partial charge < -0.3 is 14.8 Å². The van der Waals surface area contributed by atoms with Crippen molar-refractivity contribution in [3.8, 4) is 5.88 Å². The molecule has 1 fully saturated rings. The van der Waals surface area contributed by atoms with E-state index < -0.39 is 0 Å². The van der Waals surface area contributed by atoms with Gasteiger partial charge in [-0.25, -0.2) is 4.98 Å². The first-order chi connectivity index (χ1) is 8.75. The number of carbonyl (C=O) groups is 1. The molecule has 1 aromatic rings. The van der Waals surface area contributed by atoms with Gasteiger partial charge in [-0.15, -0.1) is 0 Å². The van der Waals surface area contributed by atoms with Crippen LogP contribution < -0.4 is 10.1 Å². The molecule has 1 atom stereocenters. The van der Waals surface area contributed by atoms with Gasteiger partial charge in [-0.3, -0.25) is 4.79 Å². The summed E-state index contributed by atoms with van der Waals surface area (Å²) in [7, 11) is 0. The highest BCUT2D eigenvalue weighted by molar-refractivity contribution is 6.30. The Hall–Kier alpha value is -1.33. The molecule has 1 aliphatic rings. The number of nitrogens with one attached hydrogen (secondary N) is 1. The van der Waals surface area contributed by atoms with E-state index in [-0.39, 0.29) is 12.0 Å². The van der Waals surface area contributed by atoms with Crippen LogP contribution in [0.4, 0.5) is 0 Å². The average molecular weight is 271 g/mol. The van der Waals surface area contributed by atoms with Crippen molar-refractivity contribution in [3.05, 3.63) is 23.4 Å². The Bertz CT molecular complexity index is 391. The number of hydrogen-bond donors (Lipinski definition) is 1. The highest BCUT2D eigenvalue weighted by atomic mass is 35.5. The van der Waals surface area contributed by atoms with Crippen LogP contribution >= 0.6 is 11.6 Å². The van der Waals surface area contributed by atoms with Crippen molar-refractivity contribution in [2.75, 3.05) is 19.8 Å². The van der Waals surface area contributed by atoms with Gasteiger partial charge in [-0.1, -0.05) is 11.6 Å². The lowest BCUT2D eigenvalue weighted by molar-refractivity contribution is -0.130. The Labute approximate surface area is 110 Å². The quantitative estimate of drug-likeness (QED) is 0.822. The summed E-state index contributed by atoms with van der Waals surface area (Å²) in [5.41, 5.74) is 0. The van der Waals surface area contributed by atoms with Crippen LogP contribution in [0.2, 0.25) is 5.02 Å². The largest absolute Gasteiger partial charge is 0.476 e. The lowest BCUT2D eigenvalue weighted by Crippen LogP contribution is -2.36. The van der Waals surface area contributed by atoms with Gasteiger partial charge in [0.15, 0.2) is 0 Å². The molecule has 0 radical (unpaired) electrons. The zero-order chi connectivity index (χ0) is 12.8. The van der Waals surface area contributed by atoms with Crippen LogP contribution in [0.3, 0.4) is 0 Å². The van der Waals surface area contributed by atoms with Crippen LogP contribution in [0.25, 0.3) is 0 Å². The number of pyridine rings is 1. The Morgan fingerprint density at radius 1 is 1.61 bits per heavy atom. The molecule has 18 heavy (non-hydrogen) atoms. The summed E-state index contributed by atoms with van der Waals surface area (Å²) >= 11 is 5.70. The molecule has 2 heterocycles. The fourth-order valence-electron chi connectivity index (χ4n) is 1.68. The molecule has 1 amide bonds. The minimum Gasteiger partial charge on any atom is -0.476 e. The zero-order valence-corrected chi connectivity index (χ0v) is 10.7. The standard InChI is InChI=1S/C12H15ClN2O3/c13-9-3-4-11(15-8-9)18-7-5-14-12(16)10-2-1-6-17-10/h3-4,8,10H,1-2,5-7H2,(H,14,16)/t10-/m1/s1. The van der Waals surface area contributed by atoms with Crippen molar-refractivity contribution in [1.29, 1.82) is 0 Å². The summed E-state index contributed by atoms with van der Waals surface area (Å²) in [6.07, 6.45) is 2.97. The molecule has 1 aliphatic heterocycles. The second-order valence-electron chi connectivity index (χ2n) is 3.96. The Kier molecular flexibility index (Phi) is 4.78. The fourth-order valence-corrected chi connectivity index (χ4v) is 1.79. The molecule has 1 saturated heterocycles. The van der Waals surface area contributed by atoms with Gasteiger partial charge in [0, 0.05) is 18.9 Å². The number of ether oxygens (including phenoxy) is 2. The second kappa shape index (κ2) is 6.56. The van der Waals surface area contributed by atoms with Gasteiger partial charge >= 0.3 is 0 Å². The smallest absolute Gasteiger partial charge is 0.249 e. The number of halogens is 1. The summed E-state index contributed by atoms with van der Waals surface area (Å²) in [6, 6.07) is 3.39. The molecule has 1 N–H and O–H groups in total. The van der Waals surface area contributed by atoms with E-state index in [9.17, 15) is 4.79 Å². The molecule has 0 unspecified atom stereocenters. The summed E-state index contributed by atoms with van der Waals surface area (Å²) in [4.78, 5) is 15.6. The molecule has 6 heteroatoms. The van der Waals surface area contributed by atoms with Crippen LogP contribution in [0.1, 0.15) is 12.8 Å². The second-order valence-corrected chi connectivity index (χ2v) is 4.39.